The van der Waals surface area contributed by atoms with Gasteiger partial charge in [0.15, 0.2) is 0 Å². The Labute approximate surface area is 127 Å². The highest BCUT2D eigenvalue weighted by Gasteiger charge is 2.21. The summed E-state index contributed by atoms with van der Waals surface area (Å²) in [5.41, 5.74) is 8.12. The van der Waals surface area contributed by atoms with Crippen molar-refractivity contribution < 1.29 is 0 Å². The van der Waals surface area contributed by atoms with Gasteiger partial charge in [-0.15, -0.1) is 11.3 Å². The number of thiazole rings is 1. The first-order valence-corrected chi connectivity index (χ1v) is 8.83. The summed E-state index contributed by atoms with van der Waals surface area (Å²) in [6.45, 7) is 4.25. The van der Waals surface area contributed by atoms with Gasteiger partial charge in [-0.05, 0) is 31.3 Å². The maximum atomic E-state index is 6.10. The van der Waals surface area contributed by atoms with Crippen molar-refractivity contribution in [3.8, 4) is 11.3 Å². The molecule has 0 bridgehead atoms. The van der Waals surface area contributed by atoms with Gasteiger partial charge in [-0.25, -0.2) is 4.98 Å². The first-order chi connectivity index (χ1) is 9.75. The van der Waals surface area contributed by atoms with Crippen LogP contribution in [0.1, 0.15) is 37.1 Å². The van der Waals surface area contributed by atoms with Crippen LogP contribution in [0.2, 0.25) is 0 Å². The van der Waals surface area contributed by atoms with E-state index >= 15 is 0 Å². The van der Waals surface area contributed by atoms with Crippen LogP contribution in [0, 0.1) is 6.92 Å². The highest BCUT2D eigenvalue weighted by atomic mass is 32.1. The predicted octanol–water partition coefficient (Wildman–Crippen LogP) is 3.93. The van der Waals surface area contributed by atoms with Crippen molar-refractivity contribution in [2.75, 3.05) is 23.7 Å². The van der Waals surface area contributed by atoms with Crippen LogP contribution in [-0.4, -0.2) is 22.4 Å². The molecule has 0 spiro atoms. The van der Waals surface area contributed by atoms with Crippen LogP contribution in [0.4, 0.5) is 10.8 Å². The molecule has 0 aromatic carbocycles. The number of nitrogens with two attached hydrogens (primary N) is 1. The van der Waals surface area contributed by atoms with Gasteiger partial charge in [-0.1, -0.05) is 19.3 Å². The summed E-state index contributed by atoms with van der Waals surface area (Å²) >= 11 is 3.18. The molecule has 2 N–H and O–H groups in total. The minimum Gasteiger partial charge on any atom is -0.382 e. The average Bonchev–Trinajstić information content (AvgIpc) is 2.95. The topological polar surface area (TPSA) is 55.0 Å². The molecule has 1 aliphatic rings. The summed E-state index contributed by atoms with van der Waals surface area (Å²) in [5.74, 6) is 0.623. The van der Waals surface area contributed by atoms with Crippen LogP contribution < -0.4 is 10.6 Å². The molecule has 1 saturated heterocycles. The van der Waals surface area contributed by atoms with E-state index in [0.717, 1.165) is 29.4 Å². The molecule has 0 unspecified atom stereocenters. The molecule has 6 heteroatoms. The van der Waals surface area contributed by atoms with Crippen molar-refractivity contribution in [2.24, 2.45) is 0 Å². The normalized spacial score (nSPS) is 16.9. The molecule has 1 aliphatic heterocycles. The monoisotopic (exact) mass is 308 g/mol. The zero-order chi connectivity index (χ0) is 13.9. The number of aromatic nitrogens is 2. The van der Waals surface area contributed by atoms with Gasteiger partial charge in [-0.3, -0.25) is 0 Å². The van der Waals surface area contributed by atoms with Crippen LogP contribution in [-0.2, 0) is 0 Å². The zero-order valence-corrected chi connectivity index (χ0v) is 13.4. The number of aryl methyl sites for hydroxylation is 1. The Hall–Kier alpha value is -1.14. The highest BCUT2D eigenvalue weighted by molar-refractivity contribution is 7.11. The molecule has 0 saturated carbocycles. The number of anilines is 2. The molecule has 108 valence electrons. The number of hydrogen-bond acceptors (Lipinski definition) is 6. The van der Waals surface area contributed by atoms with Crippen LogP contribution in [0.25, 0.3) is 11.3 Å². The van der Waals surface area contributed by atoms with Crippen LogP contribution in [0.15, 0.2) is 5.38 Å². The fourth-order valence-corrected chi connectivity index (χ4v) is 4.16. The van der Waals surface area contributed by atoms with E-state index in [2.05, 4.69) is 19.6 Å². The van der Waals surface area contributed by atoms with Crippen LogP contribution in [0.3, 0.4) is 0 Å². The van der Waals surface area contributed by atoms with Crippen molar-refractivity contribution in [2.45, 2.75) is 39.0 Å². The lowest BCUT2D eigenvalue weighted by Gasteiger charge is -2.25. The number of hydrogen-bond donors (Lipinski definition) is 1. The third-order valence-electron chi connectivity index (χ3n) is 3.72. The molecular formula is C14H20N4S2. The second-order valence-corrected chi connectivity index (χ2v) is 7.07. The summed E-state index contributed by atoms with van der Waals surface area (Å²) in [6, 6.07) is 0. The van der Waals surface area contributed by atoms with E-state index in [1.54, 1.807) is 11.3 Å². The van der Waals surface area contributed by atoms with Crippen molar-refractivity contribution in [1.29, 1.82) is 0 Å². The molecule has 4 nitrogen and oxygen atoms in total. The first-order valence-electron chi connectivity index (χ1n) is 7.18. The maximum Gasteiger partial charge on any atom is 0.148 e. The van der Waals surface area contributed by atoms with Gasteiger partial charge < -0.3 is 10.6 Å². The SMILES string of the molecule is Cc1nc(-c2c(N)nsc2N2CCCCCCC2)cs1. The Kier molecular flexibility index (Phi) is 4.21. The van der Waals surface area contributed by atoms with Crippen molar-refractivity contribution in [1.82, 2.24) is 9.36 Å². The Morgan fingerprint density at radius 3 is 2.50 bits per heavy atom. The van der Waals surface area contributed by atoms with Gasteiger partial charge in [0.2, 0.25) is 0 Å². The van der Waals surface area contributed by atoms with Crippen LogP contribution >= 0.6 is 22.9 Å². The third kappa shape index (κ3) is 2.81. The molecule has 0 atom stereocenters. The van der Waals surface area contributed by atoms with Crippen molar-refractivity contribution >= 4 is 33.7 Å². The van der Waals surface area contributed by atoms with Crippen molar-refractivity contribution in [3.63, 3.8) is 0 Å². The van der Waals surface area contributed by atoms with E-state index in [1.165, 1.54) is 48.6 Å². The van der Waals surface area contributed by atoms with E-state index in [9.17, 15) is 0 Å². The fourth-order valence-electron chi connectivity index (χ4n) is 2.68. The van der Waals surface area contributed by atoms with E-state index in [-0.39, 0.29) is 0 Å². The van der Waals surface area contributed by atoms with Gasteiger partial charge in [0.25, 0.3) is 0 Å². The molecule has 0 aliphatic carbocycles. The highest BCUT2D eigenvalue weighted by Crippen LogP contribution is 2.40. The third-order valence-corrected chi connectivity index (χ3v) is 5.42. The van der Waals surface area contributed by atoms with Gasteiger partial charge in [0.05, 0.1) is 16.3 Å². The molecule has 3 heterocycles. The second kappa shape index (κ2) is 6.10. The summed E-state index contributed by atoms with van der Waals surface area (Å²) < 4.78 is 4.37. The number of nitrogens with zero attached hydrogens (tertiary/aromatic N) is 3. The Balaban J connectivity index is 1.93. The Morgan fingerprint density at radius 1 is 1.15 bits per heavy atom. The molecule has 3 rings (SSSR count). The summed E-state index contributed by atoms with van der Waals surface area (Å²) in [7, 11) is 0. The molecule has 0 radical (unpaired) electrons. The maximum absolute atomic E-state index is 6.10. The molecule has 1 fully saturated rings. The van der Waals surface area contributed by atoms with Gasteiger partial charge >= 0.3 is 0 Å². The van der Waals surface area contributed by atoms with Gasteiger partial charge in [0, 0.05) is 18.5 Å². The largest absolute Gasteiger partial charge is 0.382 e. The molecular weight excluding hydrogens is 288 g/mol. The summed E-state index contributed by atoms with van der Waals surface area (Å²) in [4.78, 5) is 7.05. The predicted molar refractivity (Wildman–Crippen MR) is 87.7 cm³/mol. The Morgan fingerprint density at radius 2 is 1.85 bits per heavy atom. The fraction of sp³-hybridized carbons (Fsp3) is 0.571. The average molecular weight is 308 g/mol. The molecule has 2 aromatic rings. The zero-order valence-electron chi connectivity index (χ0n) is 11.8. The quantitative estimate of drug-likeness (QED) is 0.913. The minimum absolute atomic E-state index is 0.623. The lowest BCUT2D eigenvalue weighted by molar-refractivity contribution is 0.558. The van der Waals surface area contributed by atoms with Crippen LogP contribution in [0.5, 0.6) is 0 Å². The van der Waals surface area contributed by atoms with Gasteiger partial charge in [-0.2, -0.15) is 4.37 Å². The van der Waals surface area contributed by atoms with E-state index in [1.807, 2.05) is 6.92 Å². The molecule has 0 amide bonds. The molecule has 2 aromatic heterocycles. The number of rotatable bonds is 2. The summed E-state index contributed by atoms with van der Waals surface area (Å²) in [6.07, 6.45) is 6.54. The first kappa shape index (κ1) is 13.8. The second-order valence-electron chi connectivity index (χ2n) is 5.25. The van der Waals surface area contributed by atoms with Crippen molar-refractivity contribution in [3.05, 3.63) is 10.4 Å². The lowest BCUT2D eigenvalue weighted by atomic mass is 10.1. The van der Waals surface area contributed by atoms with E-state index in [0.29, 0.717) is 5.82 Å². The Bertz CT molecular complexity index is 567. The standard InChI is InChI=1S/C14H20N4S2/c1-10-16-11(9-19-10)12-13(15)17-20-14(12)18-7-5-3-2-4-6-8-18/h9H,2-8H2,1H3,(H2,15,17). The lowest BCUT2D eigenvalue weighted by Crippen LogP contribution is -2.26. The summed E-state index contributed by atoms with van der Waals surface area (Å²) in [5, 5.41) is 4.36. The smallest absolute Gasteiger partial charge is 0.148 e. The molecule has 20 heavy (non-hydrogen) atoms. The van der Waals surface area contributed by atoms with Gasteiger partial charge in [0.1, 0.15) is 10.8 Å². The van der Waals surface area contributed by atoms with E-state index in [4.69, 9.17) is 5.73 Å². The van der Waals surface area contributed by atoms with E-state index < -0.39 is 0 Å². The minimum atomic E-state index is 0.623. The number of nitrogen functional groups attached to an aromatic ring is 1.